The van der Waals surface area contributed by atoms with E-state index in [1.54, 1.807) is 30.0 Å². The molecule has 11 nitrogen and oxygen atoms in total. The molecular weight excluding hydrogens is 494 g/mol. The van der Waals surface area contributed by atoms with E-state index in [0.29, 0.717) is 24.6 Å². The summed E-state index contributed by atoms with van der Waals surface area (Å²) in [6, 6.07) is 5.53. The van der Waals surface area contributed by atoms with Gasteiger partial charge >= 0.3 is 0 Å². The van der Waals surface area contributed by atoms with Crippen LogP contribution in [0, 0.1) is 0 Å². The minimum absolute atomic E-state index is 0.0459. The van der Waals surface area contributed by atoms with Crippen molar-refractivity contribution in [2.75, 3.05) is 43.6 Å². The van der Waals surface area contributed by atoms with E-state index in [0.717, 1.165) is 6.42 Å². The quantitative estimate of drug-likeness (QED) is 0.411. The fourth-order valence-corrected chi connectivity index (χ4v) is 6.57. The molecule has 3 atom stereocenters. The van der Waals surface area contributed by atoms with Gasteiger partial charge in [0.15, 0.2) is 9.84 Å². The van der Waals surface area contributed by atoms with Gasteiger partial charge < -0.3 is 20.4 Å². The summed E-state index contributed by atoms with van der Waals surface area (Å²) in [6.07, 6.45) is 1.20. The second-order valence-corrected chi connectivity index (χ2v) is 11.7. The topological polar surface area (TPSA) is 145 Å². The van der Waals surface area contributed by atoms with Gasteiger partial charge in [-0.2, -0.15) is 0 Å². The zero-order valence-corrected chi connectivity index (χ0v) is 20.8. The predicted octanol–water partition coefficient (Wildman–Crippen LogP) is -1.44. The van der Waals surface area contributed by atoms with Crippen LogP contribution in [0.15, 0.2) is 35.2 Å². The van der Waals surface area contributed by atoms with Crippen molar-refractivity contribution in [3.8, 4) is 0 Å². The molecule has 3 saturated heterocycles. The van der Waals surface area contributed by atoms with Crippen LogP contribution >= 0.6 is 11.8 Å². The molecule has 3 unspecified atom stereocenters. The second-order valence-electron chi connectivity index (χ2n) is 8.73. The third-order valence-electron chi connectivity index (χ3n) is 6.35. The molecule has 0 spiro atoms. The van der Waals surface area contributed by atoms with Gasteiger partial charge in [0, 0.05) is 31.3 Å². The van der Waals surface area contributed by atoms with Crippen LogP contribution in [0.3, 0.4) is 0 Å². The fraction of sp³-hybridized carbons (Fsp3) is 0.545. The summed E-state index contributed by atoms with van der Waals surface area (Å²) in [5.74, 6) is -1.22. The number of hydrogen-bond donors (Lipinski definition) is 3. The van der Waals surface area contributed by atoms with Crippen molar-refractivity contribution in [1.82, 2.24) is 25.8 Å². The lowest BCUT2D eigenvalue weighted by atomic mass is 10.0. The number of piperidine rings is 1. The summed E-state index contributed by atoms with van der Waals surface area (Å²) in [7, 11) is -3.86. The highest BCUT2D eigenvalue weighted by Crippen LogP contribution is 2.19. The summed E-state index contributed by atoms with van der Waals surface area (Å²) in [6.45, 7) is 0.605. The SMILES string of the molecule is O=C1NCCCC1NC(=O)C1CN(C(=O)CS(=O)(=O)c2ccccc2)CCN1C(=O)C1CSCN1. The lowest BCUT2D eigenvalue weighted by molar-refractivity contribution is -0.149. The van der Waals surface area contributed by atoms with Gasteiger partial charge in [-0.3, -0.25) is 24.5 Å². The molecule has 3 N–H and O–H groups in total. The molecule has 13 heteroatoms. The number of piperazine rings is 1. The van der Waals surface area contributed by atoms with Gasteiger partial charge in [0.05, 0.1) is 17.5 Å². The predicted molar refractivity (Wildman–Crippen MR) is 129 cm³/mol. The van der Waals surface area contributed by atoms with E-state index < -0.39 is 45.5 Å². The van der Waals surface area contributed by atoms with Crippen LogP contribution in [0.5, 0.6) is 0 Å². The van der Waals surface area contributed by atoms with Gasteiger partial charge in [-0.05, 0) is 25.0 Å². The molecule has 0 aliphatic carbocycles. The molecule has 1 aromatic rings. The van der Waals surface area contributed by atoms with Crippen molar-refractivity contribution >= 4 is 45.2 Å². The molecule has 0 bridgehead atoms. The molecule has 190 valence electrons. The van der Waals surface area contributed by atoms with E-state index in [4.69, 9.17) is 0 Å². The van der Waals surface area contributed by atoms with Crippen molar-refractivity contribution in [1.29, 1.82) is 0 Å². The fourth-order valence-electron chi connectivity index (χ4n) is 4.39. The summed E-state index contributed by atoms with van der Waals surface area (Å²) < 4.78 is 25.4. The maximum atomic E-state index is 13.2. The Labute approximate surface area is 208 Å². The van der Waals surface area contributed by atoms with Crippen LogP contribution in [0.4, 0.5) is 0 Å². The molecule has 0 saturated carbocycles. The summed E-state index contributed by atoms with van der Waals surface area (Å²) in [5, 5.41) is 8.53. The van der Waals surface area contributed by atoms with Crippen LogP contribution in [0.25, 0.3) is 0 Å². The Balaban J connectivity index is 1.49. The highest BCUT2D eigenvalue weighted by molar-refractivity contribution is 7.99. The van der Waals surface area contributed by atoms with Gasteiger partial charge in [0.2, 0.25) is 23.6 Å². The maximum Gasteiger partial charge on any atom is 0.245 e. The number of carbonyl (C=O) groups is 4. The van der Waals surface area contributed by atoms with Crippen LogP contribution in [0.1, 0.15) is 12.8 Å². The Hall–Kier alpha value is -2.64. The number of sulfone groups is 1. The van der Waals surface area contributed by atoms with Gasteiger partial charge in [0.25, 0.3) is 0 Å². The third-order valence-corrected chi connectivity index (χ3v) is 8.91. The number of benzene rings is 1. The van der Waals surface area contributed by atoms with Gasteiger partial charge in [-0.1, -0.05) is 18.2 Å². The minimum atomic E-state index is -3.86. The Morgan fingerprint density at radius 1 is 1.14 bits per heavy atom. The first-order valence-electron chi connectivity index (χ1n) is 11.5. The molecule has 0 aromatic heterocycles. The molecule has 0 radical (unpaired) electrons. The first kappa shape index (κ1) is 25.5. The zero-order valence-electron chi connectivity index (χ0n) is 19.1. The van der Waals surface area contributed by atoms with Crippen molar-refractivity contribution < 1.29 is 27.6 Å². The van der Waals surface area contributed by atoms with E-state index in [-0.39, 0.29) is 36.3 Å². The smallest absolute Gasteiger partial charge is 0.245 e. The summed E-state index contributed by atoms with van der Waals surface area (Å²) >= 11 is 1.58. The van der Waals surface area contributed by atoms with Crippen molar-refractivity contribution in [3.63, 3.8) is 0 Å². The van der Waals surface area contributed by atoms with E-state index in [1.165, 1.54) is 21.9 Å². The van der Waals surface area contributed by atoms with Crippen molar-refractivity contribution in [2.24, 2.45) is 0 Å². The van der Waals surface area contributed by atoms with Crippen molar-refractivity contribution in [3.05, 3.63) is 30.3 Å². The Kier molecular flexibility index (Phi) is 7.97. The lowest BCUT2D eigenvalue weighted by Gasteiger charge is -2.42. The summed E-state index contributed by atoms with van der Waals surface area (Å²) in [5.41, 5.74) is 0. The average Bonchev–Trinajstić information content (AvgIpc) is 3.40. The van der Waals surface area contributed by atoms with E-state index in [9.17, 15) is 27.6 Å². The normalized spacial score (nSPS) is 25.1. The highest BCUT2D eigenvalue weighted by atomic mass is 32.2. The average molecular weight is 524 g/mol. The van der Waals surface area contributed by atoms with E-state index in [1.807, 2.05) is 0 Å². The second kappa shape index (κ2) is 11.0. The molecule has 1 aromatic carbocycles. The largest absolute Gasteiger partial charge is 0.354 e. The number of hydrogen-bond acceptors (Lipinski definition) is 8. The number of nitrogens with one attached hydrogen (secondary N) is 3. The molecule has 4 amide bonds. The third kappa shape index (κ3) is 5.96. The van der Waals surface area contributed by atoms with Crippen molar-refractivity contribution in [2.45, 2.75) is 35.9 Å². The van der Waals surface area contributed by atoms with Crippen LogP contribution in [-0.4, -0.2) is 104 Å². The first-order valence-corrected chi connectivity index (χ1v) is 14.3. The molecular formula is C22H29N5O6S2. The van der Waals surface area contributed by atoms with Gasteiger partial charge in [0.1, 0.15) is 17.8 Å². The van der Waals surface area contributed by atoms with E-state index in [2.05, 4.69) is 16.0 Å². The lowest BCUT2D eigenvalue weighted by Crippen LogP contribution is -2.65. The highest BCUT2D eigenvalue weighted by Gasteiger charge is 2.41. The zero-order chi connectivity index (χ0) is 25.0. The first-order chi connectivity index (χ1) is 16.8. The van der Waals surface area contributed by atoms with Gasteiger partial charge in [-0.15, -0.1) is 11.8 Å². The minimum Gasteiger partial charge on any atom is -0.354 e. The van der Waals surface area contributed by atoms with Crippen LogP contribution < -0.4 is 16.0 Å². The molecule has 4 rings (SSSR count). The monoisotopic (exact) mass is 523 g/mol. The Morgan fingerprint density at radius 2 is 1.91 bits per heavy atom. The van der Waals surface area contributed by atoms with Crippen LogP contribution in [0.2, 0.25) is 0 Å². The number of amides is 4. The number of thioether (sulfide) groups is 1. The standard InChI is InChI=1S/C22H29N5O6S2/c28-19(13-35(32,33)15-5-2-1-3-6-15)26-9-10-27(22(31)17-12-34-14-24-17)18(11-26)21(30)25-16-7-4-8-23-20(16)29/h1-3,5-6,16-18,24H,4,7-14H2,(H,23,29)(H,25,30). The van der Waals surface area contributed by atoms with Gasteiger partial charge in [-0.25, -0.2) is 8.42 Å². The van der Waals surface area contributed by atoms with Crippen LogP contribution in [-0.2, 0) is 29.0 Å². The molecule has 3 fully saturated rings. The Morgan fingerprint density at radius 3 is 2.60 bits per heavy atom. The molecule has 3 heterocycles. The molecule has 3 aliphatic rings. The molecule has 35 heavy (non-hydrogen) atoms. The number of nitrogens with zero attached hydrogens (tertiary/aromatic N) is 2. The summed E-state index contributed by atoms with van der Waals surface area (Å²) in [4.78, 5) is 54.3. The number of rotatable bonds is 6. The van der Waals surface area contributed by atoms with E-state index >= 15 is 0 Å². The molecule has 3 aliphatic heterocycles. The number of carbonyl (C=O) groups excluding carboxylic acids is 4. The Bertz CT molecular complexity index is 1080. The maximum absolute atomic E-state index is 13.2.